The largest absolute Gasteiger partial charge is 0.494 e. The monoisotopic (exact) mass is 376 g/mol. The molecule has 3 aromatic rings. The summed E-state index contributed by atoms with van der Waals surface area (Å²) in [5, 5.41) is 12.9. The third-order valence-corrected chi connectivity index (χ3v) is 3.83. The van der Waals surface area contributed by atoms with Gasteiger partial charge in [-0.2, -0.15) is 23.5 Å². The lowest BCUT2D eigenvalue weighted by molar-refractivity contribution is -0.141. The van der Waals surface area contributed by atoms with Gasteiger partial charge in [0.15, 0.2) is 17.3 Å². The average molecular weight is 376 g/mol. The molecule has 0 aliphatic heterocycles. The zero-order chi connectivity index (χ0) is 19.8. The van der Waals surface area contributed by atoms with Gasteiger partial charge in [-0.1, -0.05) is 0 Å². The Hall–Kier alpha value is -3.54. The molecule has 3 rings (SSSR count). The second kappa shape index (κ2) is 6.64. The van der Waals surface area contributed by atoms with Crippen LogP contribution in [0.5, 0.6) is 5.75 Å². The highest BCUT2D eigenvalue weighted by Gasteiger charge is 2.40. The van der Waals surface area contributed by atoms with Crippen molar-refractivity contribution in [3.8, 4) is 28.8 Å². The first kappa shape index (κ1) is 18.3. The fraction of sp³-hybridized carbons (Fsp3) is 0.111. The predicted octanol–water partition coefficient (Wildman–Crippen LogP) is 4.16. The zero-order valence-corrected chi connectivity index (χ0v) is 13.9. The van der Waals surface area contributed by atoms with Crippen LogP contribution in [0.2, 0.25) is 0 Å². The maximum atomic E-state index is 14.1. The zero-order valence-electron chi connectivity index (χ0n) is 13.9. The number of alkyl halides is 3. The van der Waals surface area contributed by atoms with Crippen molar-refractivity contribution in [2.75, 3.05) is 12.8 Å². The van der Waals surface area contributed by atoms with Gasteiger partial charge >= 0.3 is 6.18 Å². The fourth-order valence-corrected chi connectivity index (χ4v) is 2.61. The third kappa shape index (κ3) is 3.29. The Morgan fingerprint density at radius 2 is 1.81 bits per heavy atom. The Morgan fingerprint density at radius 3 is 2.33 bits per heavy atom. The quantitative estimate of drug-likeness (QED) is 0.550. The number of anilines is 1. The number of ether oxygens (including phenoxy) is 1. The third-order valence-electron chi connectivity index (χ3n) is 3.83. The molecule has 5 nitrogen and oxygen atoms in total. The standard InChI is InChI=1S/C18H12F4N4O/c1-27-15-7-2-10(8-14(15)19)16-13(9-23)17(18(20,21)22)25-26(16)12-5-3-11(24)4-6-12/h2-8H,24H2,1H3. The van der Waals surface area contributed by atoms with Gasteiger partial charge in [0.05, 0.1) is 18.5 Å². The van der Waals surface area contributed by atoms with E-state index in [0.717, 1.165) is 10.7 Å². The van der Waals surface area contributed by atoms with Crippen LogP contribution in [0.25, 0.3) is 16.9 Å². The van der Waals surface area contributed by atoms with Crippen LogP contribution in [0, 0.1) is 17.1 Å². The van der Waals surface area contributed by atoms with E-state index in [2.05, 4.69) is 5.10 Å². The van der Waals surface area contributed by atoms with E-state index >= 15 is 0 Å². The molecule has 0 radical (unpaired) electrons. The van der Waals surface area contributed by atoms with Gasteiger partial charge in [0, 0.05) is 11.3 Å². The first-order valence-electron chi connectivity index (χ1n) is 7.56. The van der Waals surface area contributed by atoms with Crippen LogP contribution >= 0.6 is 0 Å². The number of nitriles is 1. The smallest absolute Gasteiger partial charge is 0.436 e. The topological polar surface area (TPSA) is 76.9 Å². The Kier molecular flexibility index (Phi) is 4.49. The summed E-state index contributed by atoms with van der Waals surface area (Å²) in [6, 6.07) is 11.0. The predicted molar refractivity (Wildman–Crippen MR) is 89.6 cm³/mol. The molecule has 0 spiro atoms. The second-order valence-electron chi connectivity index (χ2n) is 5.53. The van der Waals surface area contributed by atoms with Gasteiger partial charge in [-0.05, 0) is 42.5 Å². The van der Waals surface area contributed by atoms with Crippen LogP contribution in [0.4, 0.5) is 23.2 Å². The van der Waals surface area contributed by atoms with Crippen molar-refractivity contribution in [3.63, 3.8) is 0 Å². The van der Waals surface area contributed by atoms with Gasteiger partial charge in [0.1, 0.15) is 11.6 Å². The molecule has 2 N–H and O–H groups in total. The lowest BCUT2D eigenvalue weighted by Gasteiger charge is -2.10. The van der Waals surface area contributed by atoms with Crippen molar-refractivity contribution < 1.29 is 22.3 Å². The minimum atomic E-state index is -4.86. The number of nitrogen functional groups attached to an aromatic ring is 1. The molecule has 27 heavy (non-hydrogen) atoms. The molecule has 1 heterocycles. The summed E-state index contributed by atoms with van der Waals surface area (Å²) in [5.74, 6) is -0.857. The van der Waals surface area contributed by atoms with E-state index in [0.29, 0.717) is 5.69 Å². The molecule has 0 aliphatic carbocycles. The normalized spacial score (nSPS) is 11.3. The maximum Gasteiger partial charge on any atom is 0.436 e. The van der Waals surface area contributed by atoms with Crippen molar-refractivity contribution in [2.24, 2.45) is 0 Å². The number of halogens is 4. The van der Waals surface area contributed by atoms with E-state index < -0.39 is 23.3 Å². The van der Waals surface area contributed by atoms with Gasteiger partial charge in [0.2, 0.25) is 0 Å². The van der Waals surface area contributed by atoms with Gasteiger partial charge in [-0.3, -0.25) is 0 Å². The molecule has 0 fully saturated rings. The van der Waals surface area contributed by atoms with E-state index in [-0.39, 0.29) is 22.7 Å². The van der Waals surface area contributed by atoms with Crippen LogP contribution in [-0.2, 0) is 6.18 Å². The number of hydrogen-bond acceptors (Lipinski definition) is 4. The number of rotatable bonds is 3. The Balaban J connectivity index is 2.33. The lowest BCUT2D eigenvalue weighted by atomic mass is 10.1. The fourth-order valence-electron chi connectivity index (χ4n) is 2.61. The van der Waals surface area contributed by atoms with Crippen molar-refractivity contribution >= 4 is 5.69 Å². The number of nitrogens with two attached hydrogens (primary N) is 1. The molecule has 0 saturated carbocycles. The highest BCUT2D eigenvalue weighted by Crippen LogP contribution is 2.38. The van der Waals surface area contributed by atoms with Gasteiger partial charge < -0.3 is 10.5 Å². The molecule has 0 bridgehead atoms. The summed E-state index contributed by atoms with van der Waals surface area (Å²) in [5.41, 5.74) is 4.05. The summed E-state index contributed by atoms with van der Waals surface area (Å²) in [7, 11) is 1.26. The SMILES string of the molecule is COc1ccc(-c2c(C#N)c(C(F)(F)F)nn2-c2ccc(N)cc2)cc1F. The number of nitrogens with zero attached hydrogens (tertiary/aromatic N) is 3. The number of methoxy groups -OCH3 is 1. The molecule has 0 atom stereocenters. The van der Waals surface area contributed by atoms with Crippen LogP contribution in [0.1, 0.15) is 11.3 Å². The average Bonchev–Trinajstić information content (AvgIpc) is 3.02. The van der Waals surface area contributed by atoms with E-state index in [4.69, 9.17) is 10.5 Å². The molecule has 0 aliphatic rings. The van der Waals surface area contributed by atoms with Gasteiger partial charge in [0.25, 0.3) is 0 Å². The first-order chi connectivity index (χ1) is 12.8. The van der Waals surface area contributed by atoms with Crippen LogP contribution in [0.15, 0.2) is 42.5 Å². The summed E-state index contributed by atoms with van der Waals surface area (Å²) in [4.78, 5) is 0. The molecule has 0 amide bonds. The van der Waals surface area contributed by atoms with Crippen molar-refractivity contribution in [3.05, 3.63) is 59.5 Å². The summed E-state index contributed by atoms with van der Waals surface area (Å²) >= 11 is 0. The molecular formula is C18H12F4N4O. The van der Waals surface area contributed by atoms with Crippen LogP contribution in [-0.4, -0.2) is 16.9 Å². The maximum absolute atomic E-state index is 14.1. The molecule has 0 saturated heterocycles. The van der Waals surface area contributed by atoms with Crippen molar-refractivity contribution in [1.82, 2.24) is 9.78 Å². The van der Waals surface area contributed by atoms with E-state index in [1.54, 1.807) is 0 Å². The summed E-state index contributed by atoms with van der Waals surface area (Å²) in [6.45, 7) is 0. The molecule has 9 heteroatoms. The Labute approximate surface area is 151 Å². The van der Waals surface area contributed by atoms with Crippen LogP contribution in [0.3, 0.4) is 0 Å². The Morgan fingerprint density at radius 1 is 1.15 bits per heavy atom. The highest BCUT2D eigenvalue weighted by atomic mass is 19.4. The van der Waals surface area contributed by atoms with Crippen molar-refractivity contribution in [1.29, 1.82) is 5.26 Å². The summed E-state index contributed by atoms with van der Waals surface area (Å²) < 4.78 is 60.0. The molecular weight excluding hydrogens is 364 g/mol. The molecule has 2 aromatic carbocycles. The molecule has 138 valence electrons. The number of benzene rings is 2. The number of hydrogen-bond donors (Lipinski definition) is 1. The van der Waals surface area contributed by atoms with E-state index in [1.165, 1.54) is 49.6 Å². The lowest BCUT2D eigenvalue weighted by Crippen LogP contribution is -2.08. The minimum Gasteiger partial charge on any atom is -0.494 e. The first-order valence-corrected chi connectivity index (χ1v) is 7.56. The van der Waals surface area contributed by atoms with E-state index in [9.17, 15) is 22.8 Å². The van der Waals surface area contributed by atoms with Crippen molar-refractivity contribution in [2.45, 2.75) is 6.18 Å². The Bertz CT molecular complexity index is 1030. The molecule has 0 unspecified atom stereocenters. The number of aromatic nitrogens is 2. The summed E-state index contributed by atoms with van der Waals surface area (Å²) in [6.07, 6.45) is -4.86. The van der Waals surface area contributed by atoms with E-state index in [1.807, 2.05) is 0 Å². The van der Waals surface area contributed by atoms with Crippen LogP contribution < -0.4 is 10.5 Å². The second-order valence-corrected chi connectivity index (χ2v) is 5.53. The molecule has 1 aromatic heterocycles. The van der Waals surface area contributed by atoms with Gasteiger partial charge in [-0.25, -0.2) is 9.07 Å². The van der Waals surface area contributed by atoms with Gasteiger partial charge in [-0.15, -0.1) is 0 Å². The minimum absolute atomic E-state index is 0.0460. The highest BCUT2D eigenvalue weighted by molar-refractivity contribution is 5.71.